The predicted molar refractivity (Wildman–Crippen MR) is 153 cm³/mol. The normalized spacial score (nSPS) is 18.6. The molecule has 0 bridgehead atoms. The summed E-state index contributed by atoms with van der Waals surface area (Å²) in [5.41, 5.74) is -4.14. The van der Waals surface area contributed by atoms with Crippen LogP contribution in [0.1, 0.15) is 109 Å². The third kappa shape index (κ3) is 11.8. The topological polar surface area (TPSA) is 103 Å². The largest absolute Gasteiger partial charge is 0.447 e. The number of terminal acetylenes is 1. The molecule has 3 atom stereocenters. The number of unbranched alkanes of at least 4 members (excludes halogenated alkanes) is 11. The van der Waals surface area contributed by atoms with E-state index in [1.54, 1.807) is 9.88 Å². The van der Waals surface area contributed by atoms with E-state index in [2.05, 4.69) is 12.8 Å². The highest BCUT2D eigenvalue weighted by Crippen LogP contribution is 2.32. The van der Waals surface area contributed by atoms with Crippen LogP contribution in [0.4, 0.5) is 18.0 Å². The average molecular weight is 602 g/mol. The van der Waals surface area contributed by atoms with E-state index in [0.29, 0.717) is 23.9 Å². The fourth-order valence-electron chi connectivity index (χ4n) is 5.02. The van der Waals surface area contributed by atoms with E-state index in [4.69, 9.17) is 20.6 Å². The third-order valence-corrected chi connectivity index (χ3v) is 7.44. The summed E-state index contributed by atoms with van der Waals surface area (Å²) in [6, 6.07) is 0. The summed E-state index contributed by atoms with van der Waals surface area (Å²) in [4.78, 5) is 39.9. The first-order valence-electron chi connectivity index (χ1n) is 15.2. The van der Waals surface area contributed by atoms with Gasteiger partial charge in [-0.25, -0.2) is 9.59 Å². The highest BCUT2D eigenvalue weighted by atomic mass is 19.4. The second kappa shape index (κ2) is 18.7. The molecule has 42 heavy (non-hydrogen) atoms. The molecule has 2 heterocycles. The Morgan fingerprint density at radius 2 is 1.67 bits per heavy atom. The van der Waals surface area contributed by atoms with Crippen molar-refractivity contribution in [1.29, 1.82) is 0 Å². The van der Waals surface area contributed by atoms with E-state index >= 15 is 0 Å². The van der Waals surface area contributed by atoms with Crippen molar-refractivity contribution in [2.75, 3.05) is 26.3 Å². The summed E-state index contributed by atoms with van der Waals surface area (Å²) in [6.45, 7) is 4.72. The first-order valence-corrected chi connectivity index (χ1v) is 15.2. The molecule has 1 N–H and O–H groups in total. The number of amides is 1. The van der Waals surface area contributed by atoms with Gasteiger partial charge in [-0.15, -0.1) is 6.42 Å². The third-order valence-electron chi connectivity index (χ3n) is 7.44. The Hall–Kier alpha value is -2.78. The van der Waals surface area contributed by atoms with Gasteiger partial charge in [-0.05, 0) is 13.3 Å². The number of rotatable bonds is 19. The van der Waals surface area contributed by atoms with Gasteiger partial charge in [0.2, 0.25) is 0 Å². The van der Waals surface area contributed by atoms with Crippen LogP contribution in [0.5, 0.6) is 0 Å². The molecule has 1 aliphatic heterocycles. The van der Waals surface area contributed by atoms with Crippen LogP contribution in [-0.2, 0) is 20.4 Å². The van der Waals surface area contributed by atoms with E-state index in [1.165, 1.54) is 57.8 Å². The molecule has 1 amide bonds. The maximum Gasteiger partial charge on any atom is 0.423 e. The lowest BCUT2D eigenvalue weighted by molar-refractivity contribution is -0.139. The summed E-state index contributed by atoms with van der Waals surface area (Å²) in [6.07, 6.45) is 11.9. The molecule has 0 saturated carbocycles. The standard InChI is InChI=1S/C30H46F3N3O6/c1-4-7-8-9-10-11-12-13-14-15-16-17-18-35(6-3)29(39)41-22-25-24(40-19-5-2)20-26(42-25)36-21-23(30(31,32)33)27(37)34-28(36)38/h2,21,24-26H,4,6-20,22H2,1,3H3,(H,34,37,38)/t24-,25+,26+/m0/s1. The van der Waals surface area contributed by atoms with E-state index in [1.807, 2.05) is 6.92 Å². The van der Waals surface area contributed by atoms with Gasteiger partial charge in [0.15, 0.2) is 0 Å². The number of aromatic nitrogens is 2. The number of hydrogen-bond donors (Lipinski definition) is 1. The lowest BCUT2D eigenvalue weighted by atomic mass is 10.1. The van der Waals surface area contributed by atoms with Gasteiger partial charge < -0.3 is 19.1 Å². The Morgan fingerprint density at radius 3 is 2.21 bits per heavy atom. The highest BCUT2D eigenvalue weighted by molar-refractivity contribution is 5.67. The lowest BCUT2D eigenvalue weighted by Gasteiger charge is -2.23. The zero-order chi connectivity index (χ0) is 31.0. The number of alkyl halides is 3. The molecule has 1 saturated heterocycles. The summed E-state index contributed by atoms with van der Waals surface area (Å²) in [5, 5.41) is 0. The number of nitrogens with one attached hydrogen (secondary N) is 1. The minimum atomic E-state index is -4.97. The van der Waals surface area contributed by atoms with E-state index in [0.717, 1.165) is 19.3 Å². The van der Waals surface area contributed by atoms with Gasteiger partial charge in [0, 0.05) is 25.7 Å². The molecule has 1 aliphatic rings. The predicted octanol–water partition coefficient (Wildman–Crippen LogP) is 6.02. The van der Waals surface area contributed by atoms with Gasteiger partial charge in [0.1, 0.15) is 31.1 Å². The maximum absolute atomic E-state index is 13.2. The quantitative estimate of drug-likeness (QED) is 0.154. The Bertz CT molecular complexity index is 1100. The number of halogens is 3. The summed E-state index contributed by atoms with van der Waals surface area (Å²) in [7, 11) is 0. The molecule has 0 unspecified atom stereocenters. The SMILES string of the molecule is C#CCO[C@H]1C[C@H](n2cc(C(F)(F)F)c(=O)[nH]c2=O)O[C@@H]1COC(=O)N(CC)CCCCCCCCCCCCCC. The zero-order valence-corrected chi connectivity index (χ0v) is 24.9. The van der Waals surface area contributed by atoms with Crippen LogP contribution in [0, 0.1) is 12.3 Å². The Labute approximate surface area is 246 Å². The highest BCUT2D eigenvalue weighted by Gasteiger charge is 2.40. The van der Waals surface area contributed by atoms with E-state index in [9.17, 15) is 27.6 Å². The molecule has 0 radical (unpaired) electrons. The van der Waals surface area contributed by atoms with Crippen molar-refractivity contribution >= 4 is 6.09 Å². The summed E-state index contributed by atoms with van der Waals surface area (Å²) < 4.78 is 57.2. The second-order valence-corrected chi connectivity index (χ2v) is 10.7. The molecule has 12 heteroatoms. The fourth-order valence-corrected chi connectivity index (χ4v) is 5.02. The van der Waals surface area contributed by atoms with Crippen LogP contribution >= 0.6 is 0 Å². The van der Waals surface area contributed by atoms with E-state index < -0.39 is 47.5 Å². The van der Waals surface area contributed by atoms with Gasteiger partial charge in [-0.1, -0.05) is 83.5 Å². The van der Waals surface area contributed by atoms with Crippen molar-refractivity contribution in [3.05, 3.63) is 32.6 Å². The molecule has 0 spiro atoms. The minimum absolute atomic E-state index is 0.0382. The van der Waals surface area contributed by atoms with Crippen LogP contribution in [0.25, 0.3) is 0 Å². The van der Waals surface area contributed by atoms with Crippen molar-refractivity contribution in [2.45, 2.75) is 122 Å². The van der Waals surface area contributed by atoms with Gasteiger partial charge in [-0.2, -0.15) is 13.2 Å². The molecule has 1 aromatic rings. The zero-order valence-electron chi connectivity index (χ0n) is 24.9. The Morgan fingerprint density at radius 1 is 1.07 bits per heavy atom. The van der Waals surface area contributed by atoms with Crippen LogP contribution in [-0.4, -0.2) is 59.1 Å². The maximum atomic E-state index is 13.2. The smallest absolute Gasteiger partial charge is 0.423 e. The van der Waals surface area contributed by atoms with Gasteiger partial charge in [0.25, 0.3) is 5.56 Å². The number of ether oxygens (including phenoxy) is 3. The summed E-state index contributed by atoms with van der Waals surface area (Å²) >= 11 is 0. The first kappa shape index (κ1) is 35.4. The molecular formula is C30H46F3N3O6. The van der Waals surface area contributed by atoms with Crippen molar-refractivity contribution in [1.82, 2.24) is 14.5 Å². The average Bonchev–Trinajstić information content (AvgIpc) is 3.35. The van der Waals surface area contributed by atoms with Crippen molar-refractivity contribution in [2.24, 2.45) is 0 Å². The number of H-pyrrole nitrogens is 1. The Kier molecular flexibility index (Phi) is 15.8. The minimum Gasteiger partial charge on any atom is -0.447 e. The van der Waals surface area contributed by atoms with Crippen LogP contribution < -0.4 is 11.2 Å². The number of carbonyl (C=O) groups excluding carboxylic acids is 1. The van der Waals surface area contributed by atoms with Crippen LogP contribution in [0.3, 0.4) is 0 Å². The number of hydrogen-bond acceptors (Lipinski definition) is 6. The molecule has 1 aromatic heterocycles. The number of aromatic amines is 1. The molecular weight excluding hydrogens is 555 g/mol. The van der Waals surface area contributed by atoms with Crippen LogP contribution in [0.15, 0.2) is 15.8 Å². The molecule has 0 aromatic carbocycles. The van der Waals surface area contributed by atoms with Gasteiger partial charge in [0.05, 0.1) is 6.10 Å². The van der Waals surface area contributed by atoms with Gasteiger partial charge in [-0.3, -0.25) is 14.3 Å². The molecule has 1 fully saturated rings. The van der Waals surface area contributed by atoms with E-state index in [-0.39, 0.29) is 19.6 Å². The fraction of sp³-hybridized carbons (Fsp3) is 0.767. The van der Waals surface area contributed by atoms with Gasteiger partial charge >= 0.3 is 18.0 Å². The monoisotopic (exact) mass is 601 g/mol. The van der Waals surface area contributed by atoms with Crippen LogP contribution in [0.2, 0.25) is 0 Å². The first-order chi connectivity index (χ1) is 20.1. The number of carbonyl (C=O) groups is 1. The molecule has 2 rings (SSSR count). The lowest BCUT2D eigenvalue weighted by Crippen LogP contribution is -2.37. The summed E-state index contributed by atoms with van der Waals surface area (Å²) in [5.74, 6) is 2.31. The van der Waals surface area contributed by atoms with Crippen molar-refractivity contribution < 1.29 is 32.2 Å². The molecule has 9 nitrogen and oxygen atoms in total. The second-order valence-electron chi connectivity index (χ2n) is 10.7. The van der Waals surface area contributed by atoms with Crippen molar-refractivity contribution in [3.8, 4) is 12.3 Å². The Balaban J connectivity index is 1.82. The molecule has 0 aliphatic carbocycles. The molecule has 238 valence electrons. The number of nitrogens with zero attached hydrogens (tertiary/aromatic N) is 2. The van der Waals surface area contributed by atoms with Crippen molar-refractivity contribution in [3.63, 3.8) is 0 Å².